The molecular formula is C8H14N2O4. The summed E-state index contributed by atoms with van der Waals surface area (Å²) in [6.07, 6.45) is -1.69. The molecule has 0 fully saturated rings. The Morgan fingerprint density at radius 3 is 2.43 bits per heavy atom. The number of carbonyl (C=O) groups excluding carboxylic acids is 1. The molecule has 1 rings (SSSR count). The molecule has 0 saturated heterocycles. The Morgan fingerprint density at radius 2 is 2.07 bits per heavy atom. The van der Waals surface area contributed by atoms with Crippen molar-refractivity contribution in [2.45, 2.75) is 39.5 Å². The van der Waals surface area contributed by atoms with E-state index in [1.54, 1.807) is 20.8 Å². The van der Waals surface area contributed by atoms with Crippen LogP contribution in [0.2, 0.25) is 0 Å². The van der Waals surface area contributed by atoms with Crippen molar-refractivity contribution in [1.82, 2.24) is 0 Å². The van der Waals surface area contributed by atoms with Crippen molar-refractivity contribution in [3.05, 3.63) is 0 Å². The molecule has 1 atom stereocenters. The third-order valence-electron chi connectivity index (χ3n) is 1.39. The van der Waals surface area contributed by atoms with Crippen molar-refractivity contribution >= 4 is 5.97 Å². The molecular weight excluding hydrogens is 188 g/mol. The van der Waals surface area contributed by atoms with Gasteiger partial charge in [-0.15, -0.1) is 0 Å². The molecule has 1 unspecified atom stereocenters. The largest absolute Gasteiger partial charge is 0.464 e. The molecule has 0 aromatic carbocycles. The van der Waals surface area contributed by atoms with Gasteiger partial charge in [-0.2, -0.15) is 5.11 Å². The van der Waals surface area contributed by atoms with Crippen molar-refractivity contribution in [2.75, 3.05) is 6.61 Å². The van der Waals surface area contributed by atoms with Crippen molar-refractivity contribution in [3.8, 4) is 0 Å². The van der Waals surface area contributed by atoms with E-state index < -0.39 is 17.8 Å². The minimum atomic E-state index is -1.69. The van der Waals surface area contributed by atoms with Crippen LogP contribution in [0.5, 0.6) is 0 Å². The quantitative estimate of drug-likeness (QED) is 0.512. The zero-order valence-electron chi connectivity index (χ0n) is 8.73. The van der Waals surface area contributed by atoms with Crippen molar-refractivity contribution < 1.29 is 19.0 Å². The predicted octanol–water partition coefficient (Wildman–Crippen LogP) is 1.42. The van der Waals surface area contributed by atoms with Gasteiger partial charge in [0.2, 0.25) is 0 Å². The molecule has 1 aliphatic heterocycles. The maximum Gasteiger partial charge on any atom is 0.464 e. The van der Waals surface area contributed by atoms with Gasteiger partial charge in [-0.1, -0.05) is 5.11 Å². The highest BCUT2D eigenvalue weighted by molar-refractivity contribution is 5.66. The smallest absolute Gasteiger partial charge is 0.387 e. The van der Waals surface area contributed by atoms with Crippen LogP contribution < -0.4 is 0 Å². The van der Waals surface area contributed by atoms with Gasteiger partial charge in [0, 0.05) is 6.92 Å². The second-order valence-corrected chi connectivity index (χ2v) is 3.30. The molecule has 0 saturated carbocycles. The first kappa shape index (κ1) is 11.1. The summed E-state index contributed by atoms with van der Waals surface area (Å²) < 4.78 is 15.2. The number of nitrogens with zero attached hydrogens (tertiary/aromatic N) is 2. The molecule has 0 aromatic heterocycles. The molecule has 1 aliphatic rings. The summed E-state index contributed by atoms with van der Waals surface area (Å²) in [4.78, 5) is 10.8. The molecule has 0 N–H and O–H groups in total. The molecule has 80 valence electrons. The second kappa shape index (κ2) is 3.62. The average Bonchev–Trinajstić information content (AvgIpc) is 2.26. The Bertz CT molecular complexity index is 264. The van der Waals surface area contributed by atoms with E-state index >= 15 is 0 Å². The third-order valence-corrected chi connectivity index (χ3v) is 1.39. The fourth-order valence-corrected chi connectivity index (χ4v) is 1.03. The molecule has 6 heteroatoms. The fraction of sp³-hybridized carbons (Fsp3) is 0.875. The zero-order valence-corrected chi connectivity index (χ0v) is 8.73. The Labute approximate surface area is 82.2 Å². The highest BCUT2D eigenvalue weighted by Gasteiger charge is 2.48. The van der Waals surface area contributed by atoms with Gasteiger partial charge in [0.1, 0.15) is 0 Å². The van der Waals surface area contributed by atoms with E-state index in [1.165, 1.54) is 6.92 Å². The SMILES string of the molecule is CCOC1(OC(C)=O)N=NC(C)(C)O1. The average molecular weight is 202 g/mol. The molecule has 14 heavy (non-hydrogen) atoms. The number of hydrogen-bond acceptors (Lipinski definition) is 6. The van der Waals surface area contributed by atoms with Crippen molar-refractivity contribution in [3.63, 3.8) is 0 Å². The standard InChI is InChI=1S/C8H14N2O4/c1-5-12-8(13-6(2)11)10-9-7(3,4)14-8/h5H2,1-4H3. The number of ether oxygens (including phenoxy) is 3. The number of rotatable bonds is 3. The summed E-state index contributed by atoms with van der Waals surface area (Å²) in [5, 5.41) is 7.48. The molecule has 1 heterocycles. The lowest BCUT2D eigenvalue weighted by atomic mass is 10.3. The Kier molecular flexibility index (Phi) is 2.86. The third kappa shape index (κ3) is 2.49. The first-order chi connectivity index (χ1) is 6.39. The minimum Gasteiger partial charge on any atom is -0.387 e. The molecule has 6 nitrogen and oxygen atoms in total. The van der Waals surface area contributed by atoms with Crippen LogP contribution in [0, 0.1) is 0 Å². The lowest BCUT2D eigenvalue weighted by Crippen LogP contribution is -2.40. The van der Waals surface area contributed by atoms with Crippen molar-refractivity contribution in [2.24, 2.45) is 10.2 Å². The fourth-order valence-electron chi connectivity index (χ4n) is 1.03. The van der Waals surface area contributed by atoms with E-state index in [0.29, 0.717) is 6.61 Å². The zero-order chi connectivity index (χ0) is 10.8. The van der Waals surface area contributed by atoms with Gasteiger partial charge in [0.05, 0.1) is 6.61 Å². The summed E-state index contributed by atoms with van der Waals surface area (Å²) in [6, 6.07) is 0. The summed E-state index contributed by atoms with van der Waals surface area (Å²) in [6.45, 7) is 6.70. The molecule has 0 spiro atoms. The van der Waals surface area contributed by atoms with Crippen LogP contribution in [0.15, 0.2) is 10.2 Å². The number of hydrogen-bond donors (Lipinski definition) is 0. The highest BCUT2D eigenvalue weighted by atomic mass is 16.9. The lowest BCUT2D eigenvalue weighted by Gasteiger charge is -2.24. The molecule has 0 bridgehead atoms. The van der Waals surface area contributed by atoms with E-state index in [4.69, 9.17) is 14.2 Å². The second-order valence-electron chi connectivity index (χ2n) is 3.30. The van der Waals surface area contributed by atoms with Gasteiger partial charge in [0.25, 0.3) is 0 Å². The highest BCUT2D eigenvalue weighted by Crippen LogP contribution is 2.33. The summed E-state index contributed by atoms with van der Waals surface area (Å²) >= 11 is 0. The topological polar surface area (TPSA) is 69.5 Å². The number of azo groups is 1. The van der Waals surface area contributed by atoms with Crippen LogP contribution in [-0.4, -0.2) is 24.4 Å². The van der Waals surface area contributed by atoms with E-state index in [1.807, 2.05) is 0 Å². The van der Waals surface area contributed by atoms with E-state index in [-0.39, 0.29) is 0 Å². The number of esters is 1. The van der Waals surface area contributed by atoms with Crippen molar-refractivity contribution in [1.29, 1.82) is 0 Å². The minimum absolute atomic E-state index is 0.308. The van der Waals surface area contributed by atoms with E-state index in [9.17, 15) is 4.79 Å². The van der Waals surface area contributed by atoms with Crippen LogP contribution in [0.3, 0.4) is 0 Å². The Morgan fingerprint density at radius 1 is 1.43 bits per heavy atom. The Hall–Kier alpha value is -1.01. The lowest BCUT2D eigenvalue weighted by molar-refractivity contribution is -0.365. The first-order valence-corrected chi connectivity index (χ1v) is 4.37. The van der Waals surface area contributed by atoms with Crippen LogP contribution in [-0.2, 0) is 19.0 Å². The molecule has 0 aromatic rings. The molecule has 0 radical (unpaired) electrons. The predicted molar refractivity (Wildman–Crippen MR) is 46.1 cm³/mol. The number of carbonyl (C=O) groups is 1. The first-order valence-electron chi connectivity index (χ1n) is 4.37. The Balaban J connectivity index is 2.76. The van der Waals surface area contributed by atoms with Crippen LogP contribution in [0.25, 0.3) is 0 Å². The van der Waals surface area contributed by atoms with Gasteiger partial charge in [0.15, 0.2) is 5.72 Å². The van der Waals surface area contributed by atoms with Crippen LogP contribution in [0.1, 0.15) is 27.7 Å². The van der Waals surface area contributed by atoms with Crippen LogP contribution >= 0.6 is 0 Å². The van der Waals surface area contributed by atoms with Crippen LogP contribution in [0.4, 0.5) is 0 Å². The summed E-state index contributed by atoms with van der Waals surface area (Å²) in [7, 11) is 0. The maximum atomic E-state index is 10.8. The van der Waals surface area contributed by atoms with Gasteiger partial charge < -0.3 is 4.74 Å². The van der Waals surface area contributed by atoms with Gasteiger partial charge in [-0.25, -0.2) is 0 Å². The van der Waals surface area contributed by atoms with E-state index in [0.717, 1.165) is 0 Å². The van der Waals surface area contributed by atoms with Gasteiger partial charge in [-0.3, -0.25) is 14.3 Å². The van der Waals surface area contributed by atoms with Gasteiger partial charge in [-0.05, 0) is 20.8 Å². The molecule has 0 aliphatic carbocycles. The van der Waals surface area contributed by atoms with E-state index in [2.05, 4.69) is 10.2 Å². The van der Waals surface area contributed by atoms with Gasteiger partial charge >= 0.3 is 12.1 Å². The maximum absolute atomic E-state index is 10.8. The summed E-state index contributed by atoms with van der Waals surface area (Å²) in [5.41, 5.74) is -0.829. The summed E-state index contributed by atoms with van der Waals surface area (Å²) in [5.74, 6) is -0.532. The monoisotopic (exact) mass is 202 g/mol. The molecule has 0 amide bonds. The normalized spacial score (nSPS) is 29.1.